The number of allylic oxidation sites excluding steroid dienone is 1. The third kappa shape index (κ3) is 3.25. The highest BCUT2D eigenvalue weighted by Gasteiger charge is 2.53. The molecule has 0 spiro atoms. The normalized spacial score (nSPS) is 21.9. The Hall–Kier alpha value is -2.74. The molecule has 0 aromatic heterocycles. The van der Waals surface area contributed by atoms with Crippen LogP contribution in [0.3, 0.4) is 0 Å². The summed E-state index contributed by atoms with van der Waals surface area (Å²) in [6.45, 7) is 3.37. The van der Waals surface area contributed by atoms with E-state index in [4.69, 9.17) is 4.74 Å². The number of rotatable bonds is 6. The van der Waals surface area contributed by atoms with Gasteiger partial charge in [0.2, 0.25) is 0 Å². The summed E-state index contributed by atoms with van der Waals surface area (Å²) in [5.41, 5.74) is 0.439. The number of carbonyl (C=O) groups excluding carboxylic acids is 2. The molecule has 2 amide bonds. The van der Waals surface area contributed by atoms with Crippen LogP contribution < -0.4 is 10.1 Å². The number of ether oxygens (including phenoxy) is 1. The molecule has 1 aromatic rings. The fourth-order valence-corrected chi connectivity index (χ4v) is 4.02. The van der Waals surface area contributed by atoms with E-state index in [1.54, 1.807) is 24.3 Å². The van der Waals surface area contributed by atoms with Crippen LogP contribution in [0.4, 0.5) is 0 Å². The quantitative estimate of drug-likeness (QED) is 0.735. The van der Waals surface area contributed by atoms with Crippen molar-refractivity contribution in [3.63, 3.8) is 0 Å². The summed E-state index contributed by atoms with van der Waals surface area (Å²) in [6.07, 6.45) is 1.44. The lowest BCUT2D eigenvalue weighted by Gasteiger charge is -2.49. The molecule has 0 radical (unpaired) electrons. The summed E-state index contributed by atoms with van der Waals surface area (Å²) < 4.78 is 5.34. The Morgan fingerprint density at radius 2 is 2.12 bits per heavy atom. The standard InChI is InChI=1S/C17H16N2O5S/c1-2-10-9-25-16-13(15(21)19(16)14(10)17(22)23)18-12(20)8-24-11-6-4-3-5-7-11/h2-7,13,16H,1,8-9H2,(H,18,20)(H,22,23)/t13-,16-/m1/s1. The first-order chi connectivity index (χ1) is 12.0. The van der Waals surface area contributed by atoms with Crippen molar-refractivity contribution in [1.29, 1.82) is 0 Å². The number of amides is 2. The average Bonchev–Trinajstić information content (AvgIpc) is 2.63. The van der Waals surface area contributed by atoms with Gasteiger partial charge >= 0.3 is 5.97 Å². The SMILES string of the molecule is C=CC1=C(C(=O)O)N2C(=O)[C@@H](NC(=O)COc3ccccc3)[C@H]2SC1. The molecular formula is C17H16N2O5S. The second-order valence-corrected chi connectivity index (χ2v) is 6.54. The highest BCUT2D eigenvalue weighted by atomic mass is 32.2. The zero-order chi connectivity index (χ0) is 18.0. The van der Waals surface area contributed by atoms with Crippen LogP contribution in [0.25, 0.3) is 0 Å². The van der Waals surface area contributed by atoms with E-state index < -0.39 is 29.2 Å². The predicted octanol–water partition coefficient (Wildman–Crippen LogP) is 0.990. The van der Waals surface area contributed by atoms with Gasteiger partial charge in [-0.3, -0.25) is 14.5 Å². The number of hydrogen-bond acceptors (Lipinski definition) is 5. The van der Waals surface area contributed by atoms with Gasteiger partial charge in [-0.15, -0.1) is 11.8 Å². The van der Waals surface area contributed by atoms with Crippen LogP contribution in [0, 0.1) is 0 Å². The number of hydrogen-bond donors (Lipinski definition) is 2. The second-order valence-electron chi connectivity index (χ2n) is 5.44. The molecule has 1 saturated heterocycles. The number of nitrogens with one attached hydrogen (secondary N) is 1. The number of β-lactam (4-membered cyclic amide) rings is 1. The third-order valence-electron chi connectivity index (χ3n) is 3.88. The number of benzene rings is 1. The van der Waals surface area contributed by atoms with Crippen molar-refractivity contribution in [1.82, 2.24) is 10.2 Å². The van der Waals surface area contributed by atoms with Crippen molar-refractivity contribution >= 4 is 29.5 Å². The van der Waals surface area contributed by atoms with E-state index in [1.807, 2.05) is 6.07 Å². The monoisotopic (exact) mass is 360 g/mol. The van der Waals surface area contributed by atoms with Crippen molar-refractivity contribution in [2.75, 3.05) is 12.4 Å². The van der Waals surface area contributed by atoms with E-state index in [2.05, 4.69) is 11.9 Å². The van der Waals surface area contributed by atoms with Crippen LogP contribution in [-0.4, -0.2) is 51.6 Å². The van der Waals surface area contributed by atoms with Crippen molar-refractivity contribution in [2.24, 2.45) is 0 Å². The number of para-hydroxylation sites is 1. The minimum atomic E-state index is -1.18. The van der Waals surface area contributed by atoms with Gasteiger partial charge in [-0.25, -0.2) is 4.79 Å². The third-order valence-corrected chi connectivity index (χ3v) is 5.18. The van der Waals surface area contributed by atoms with Gasteiger partial charge in [-0.2, -0.15) is 0 Å². The van der Waals surface area contributed by atoms with Crippen LogP contribution in [0.2, 0.25) is 0 Å². The number of carboxylic acid groups (broad SMARTS) is 1. The molecule has 2 aliphatic rings. The Balaban J connectivity index is 1.62. The largest absolute Gasteiger partial charge is 0.484 e. The number of aliphatic carboxylic acids is 1. The summed E-state index contributed by atoms with van der Waals surface area (Å²) in [5.74, 6) is -1.07. The molecule has 1 aromatic carbocycles. The molecule has 1 fully saturated rings. The van der Waals surface area contributed by atoms with Gasteiger partial charge in [0.05, 0.1) is 0 Å². The summed E-state index contributed by atoms with van der Waals surface area (Å²) in [5, 5.41) is 11.5. The molecule has 0 saturated carbocycles. The van der Waals surface area contributed by atoms with Gasteiger partial charge in [-0.05, 0) is 17.7 Å². The van der Waals surface area contributed by atoms with Crippen LogP contribution in [-0.2, 0) is 14.4 Å². The molecular weight excluding hydrogens is 344 g/mol. The molecule has 130 valence electrons. The Labute approximate surface area is 148 Å². The molecule has 2 heterocycles. The van der Waals surface area contributed by atoms with E-state index in [0.717, 1.165) is 0 Å². The number of nitrogens with zero attached hydrogens (tertiary/aromatic N) is 1. The first-order valence-corrected chi connectivity index (χ1v) is 8.58. The fourth-order valence-electron chi connectivity index (χ4n) is 2.68. The zero-order valence-electron chi connectivity index (χ0n) is 13.2. The minimum absolute atomic E-state index is 0.0604. The zero-order valence-corrected chi connectivity index (χ0v) is 14.0. The fraction of sp³-hybridized carbons (Fsp3) is 0.235. The molecule has 2 N–H and O–H groups in total. The van der Waals surface area contributed by atoms with E-state index in [0.29, 0.717) is 17.1 Å². The van der Waals surface area contributed by atoms with Gasteiger partial charge < -0.3 is 15.2 Å². The van der Waals surface area contributed by atoms with Crippen LogP contribution in [0.1, 0.15) is 0 Å². The van der Waals surface area contributed by atoms with Gasteiger partial charge in [0.25, 0.3) is 11.8 Å². The van der Waals surface area contributed by atoms with E-state index in [9.17, 15) is 19.5 Å². The molecule has 3 rings (SSSR count). The Morgan fingerprint density at radius 3 is 2.76 bits per heavy atom. The van der Waals surface area contributed by atoms with Crippen LogP contribution in [0.15, 0.2) is 54.3 Å². The molecule has 8 heteroatoms. The minimum Gasteiger partial charge on any atom is -0.484 e. The van der Waals surface area contributed by atoms with E-state index >= 15 is 0 Å². The molecule has 0 aliphatic carbocycles. The number of thioether (sulfide) groups is 1. The smallest absolute Gasteiger partial charge is 0.352 e. The topological polar surface area (TPSA) is 95.9 Å². The Morgan fingerprint density at radius 1 is 1.40 bits per heavy atom. The second kappa shape index (κ2) is 7.02. The predicted molar refractivity (Wildman–Crippen MR) is 91.8 cm³/mol. The van der Waals surface area contributed by atoms with E-state index in [-0.39, 0.29) is 12.3 Å². The first-order valence-electron chi connectivity index (χ1n) is 7.53. The van der Waals surface area contributed by atoms with Gasteiger partial charge in [0.1, 0.15) is 22.9 Å². The summed E-state index contributed by atoms with van der Waals surface area (Å²) >= 11 is 1.39. The van der Waals surface area contributed by atoms with Gasteiger partial charge in [-0.1, -0.05) is 30.9 Å². The van der Waals surface area contributed by atoms with E-state index in [1.165, 1.54) is 22.7 Å². The van der Waals surface area contributed by atoms with Gasteiger partial charge in [0.15, 0.2) is 6.61 Å². The van der Waals surface area contributed by atoms with Crippen molar-refractivity contribution in [2.45, 2.75) is 11.4 Å². The summed E-state index contributed by atoms with van der Waals surface area (Å²) in [4.78, 5) is 37.0. The average molecular weight is 360 g/mol. The van der Waals surface area contributed by atoms with Crippen LogP contribution in [0.5, 0.6) is 5.75 Å². The lowest BCUT2D eigenvalue weighted by atomic mass is 10.0. The molecule has 2 aliphatic heterocycles. The number of carbonyl (C=O) groups is 3. The summed E-state index contributed by atoms with van der Waals surface area (Å²) in [7, 11) is 0. The maximum atomic E-state index is 12.3. The van der Waals surface area contributed by atoms with Gasteiger partial charge in [0, 0.05) is 5.75 Å². The molecule has 2 atom stereocenters. The molecule has 7 nitrogen and oxygen atoms in total. The van der Waals surface area contributed by atoms with Crippen molar-refractivity contribution < 1.29 is 24.2 Å². The highest BCUT2D eigenvalue weighted by Crippen LogP contribution is 2.40. The Bertz CT molecular complexity index is 762. The highest BCUT2D eigenvalue weighted by molar-refractivity contribution is 8.00. The molecule has 0 unspecified atom stereocenters. The van der Waals surface area contributed by atoms with Crippen molar-refractivity contribution in [3.8, 4) is 5.75 Å². The lowest BCUT2D eigenvalue weighted by molar-refractivity contribution is -0.150. The molecule has 0 bridgehead atoms. The first kappa shape index (κ1) is 17.1. The number of carboxylic acids is 1. The molecule has 25 heavy (non-hydrogen) atoms. The Kier molecular flexibility index (Phi) is 4.80. The van der Waals surface area contributed by atoms with Crippen molar-refractivity contribution in [3.05, 3.63) is 54.3 Å². The van der Waals surface area contributed by atoms with Crippen LogP contribution >= 0.6 is 11.8 Å². The number of fused-ring (bicyclic) bond motifs is 1. The maximum Gasteiger partial charge on any atom is 0.352 e. The summed E-state index contributed by atoms with van der Waals surface area (Å²) in [6, 6.07) is 8.10. The lowest BCUT2D eigenvalue weighted by Crippen LogP contribution is -2.70. The maximum absolute atomic E-state index is 12.3.